The monoisotopic (exact) mass is 539 g/mol. The fourth-order valence-corrected chi connectivity index (χ4v) is 5.97. The number of likely N-dealkylation sites (tertiary alicyclic amines) is 2. The highest BCUT2D eigenvalue weighted by Crippen LogP contribution is 2.34. The largest absolute Gasteiger partial charge is 0.467 e. The van der Waals surface area contributed by atoms with Crippen LogP contribution in [0.3, 0.4) is 0 Å². The molecule has 1 aromatic heterocycles. The predicted octanol–water partition coefficient (Wildman–Crippen LogP) is 5.87. The Balaban J connectivity index is 1.35. The van der Waals surface area contributed by atoms with Crippen molar-refractivity contribution in [2.45, 2.75) is 44.8 Å². The third kappa shape index (κ3) is 5.69. The Bertz CT molecular complexity index is 1260. The average Bonchev–Trinajstić information content (AvgIpc) is 3.57. The van der Waals surface area contributed by atoms with E-state index in [0.29, 0.717) is 26.9 Å². The molecule has 2 aliphatic rings. The minimum atomic E-state index is -0.497. The highest BCUT2D eigenvalue weighted by atomic mass is 35.5. The number of nitrogens with two attached hydrogens (primary N) is 1. The van der Waals surface area contributed by atoms with Crippen molar-refractivity contribution in [3.63, 3.8) is 0 Å². The average molecular weight is 540 g/mol. The molecular weight excluding hydrogens is 509 g/mol. The lowest BCUT2D eigenvalue weighted by Crippen LogP contribution is -2.42. The van der Waals surface area contributed by atoms with Crippen LogP contribution in [-0.2, 0) is 0 Å². The Morgan fingerprint density at radius 1 is 1.11 bits per heavy atom. The van der Waals surface area contributed by atoms with Crippen LogP contribution < -0.4 is 10.5 Å². The molecular formula is C28H31Cl2N5O2. The van der Waals surface area contributed by atoms with Gasteiger partial charge >= 0.3 is 0 Å². The molecule has 5 rings (SSSR count). The molecule has 2 atom stereocenters. The van der Waals surface area contributed by atoms with Gasteiger partial charge in [-0.05, 0) is 70.0 Å². The van der Waals surface area contributed by atoms with Crippen LogP contribution in [0.25, 0.3) is 11.3 Å². The van der Waals surface area contributed by atoms with Crippen molar-refractivity contribution in [1.29, 1.82) is 0 Å². The fraction of sp³-hybridized carbons (Fsp3) is 0.393. The van der Waals surface area contributed by atoms with Gasteiger partial charge in [0, 0.05) is 45.9 Å². The number of carbonyl (C=O) groups is 1. The summed E-state index contributed by atoms with van der Waals surface area (Å²) in [6, 6.07) is 13.1. The Morgan fingerprint density at radius 2 is 1.84 bits per heavy atom. The standard InChI is InChI=1S/C28H31Cl2N5O2/c1-18(25-22(29)10-5-11-23(25)30)37-27-26(31)32-16-24(33-27)19-7-4-8-20(15-19)28(36)35-14-6-9-21(35)17-34-12-2-3-13-34/h4-5,7-8,10-11,15-16,18,21H,2-3,6,9,12-14,17H2,1H3,(H2,31,32). The van der Waals surface area contributed by atoms with Crippen LogP contribution in [0.1, 0.15) is 54.6 Å². The quantitative estimate of drug-likeness (QED) is 0.404. The summed E-state index contributed by atoms with van der Waals surface area (Å²) < 4.78 is 6.04. The van der Waals surface area contributed by atoms with E-state index in [0.717, 1.165) is 44.6 Å². The minimum Gasteiger partial charge on any atom is -0.467 e. The summed E-state index contributed by atoms with van der Waals surface area (Å²) in [5.74, 6) is 0.404. The Kier molecular flexibility index (Phi) is 7.84. The number of halogens is 2. The number of benzene rings is 2. The molecule has 3 aromatic rings. The van der Waals surface area contributed by atoms with Crippen molar-refractivity contribution in [3.8, 4) is 17.1 Å². The zero-order chi connectivity index (χ0) is 25.9. The Hall–Kier alpha value is -2.87. The predicted molar refractivity (Wildman–Crippen MR) is 147 cm³/mol. The normalized spacial score (nSPS) is 18.8. The lowest BCUT2D eigenvalue weighted by molar-refractivity contribution is 0.0709. The Labute approximate surface area is 227 Å². The molecule has 2 unspecified atom stereocenters. The summed E-state index contributed by atoms with van der Waals surface area (Å²) in [4.78, 5) is 26.9. The molecule has 2 saturated heterocycles. The molecule has 2 aliphatic heterocycles. The van der Waals surface area contributed by atoms with Gasteiger partial charge in [0.05, 0.1) is 11.9 Å². The zero-order valence-electron chi connectivity index (χ0n) is 20.9. The molecule has 194 valence electrons. The van der Waals surface area contributed by atoms with Gasteiger partial charge in [0.2, 0.25) is 0 Å². The number of amides is 1. The van der Waals surface area contributed by atoms with Gasteiger partial charge in [-0.15, -0.1) is 0 Å². The maximum Gasteiger partial charge on any atom is 0.258 e. The lowest BCUT2D eigenvalue weighted by Gasteiger charge is -2.28. The molecule has 9 heteroatoms. The molecule has 0 bridgehead atoms. The van der Waals surface area contributed by atoms with Crippen molar-refractivity contribution < 1.29 is 9.53 Å². The van der Waals surface area contributed by atoms with Gasteiger partial charge in [-0.1, -0.05) is 41.4 Å². The third-order valence-corrected chi connectivity index (χ3v) is 7.83. The lowest BCUT2D eigenvalue weighted by atomic mass is 10.1. The number of anilines is 1. The second-order valence-electron chi connectivity index (χ2n) is 9.72. The summed E-state index contributed by atoms with van der Waals surface area (Å²) in [5.41, 5.74) is 8.70. The number of carbonyl (C=O) groups excluding carboxylic acids is 1. The molecule has 7 nitrogen and oxygen atoms in total. The van der Waals surface area contributed by atoms with Gasteiger partial charge in [-0.2, -0.15) is 0 Å². The molecule has 0 spiro atoms. The summed E-state index contributed by atoms with van der Waals surface area (Å²) in [6.45, 7) is 5.85. The van der Waals surface area contributed by atoms with Gasteiger partial charge in [-0.3, -0.25) is 4.79 Å². The van der Waals surface area contributed by atoms with E-state index >= 15 is 0 Å². The van der Waals surface area contributed by atoms with E-state index in [4.69, 9.17) is 33.7 Å². The van der Waals surface area contributed by atoms with Crippen LogP contribution in [0, 0.1) is 0 Å². The molecule has 0 radical (unpaired) electrons. The van der Waals surface area contributed by atoms with Crippen molar-refractivity contribution in [2.24, 2.45) is 0 Å². The van der Waals surface area contributed by atoms with E-state index in [-0.39, 0.29) is 23.6 Å². The molecule has 1 amide bonds. The number of rotatable bonds is 7. The van der Waals surface area contributed by atoms with Gasteiger partial charge in [0.15, 0.2) is 5.82 Å². The van der Waals surface area contributed by atoms with Gasteiger partial charge in [-0.25, -0.2) is 9.97 Å². The molecule has 3 heterocycles. The van der Waals surface area contributed by atoms with E-state index < -0.39 is 6.10 Å². The first-order chi connectivity index (χ1) is 17.9. The van der Waals surface area contributed by atoms with E-state index in [1.54, 1.807) is 24.4 Å². The summed E-state index contributed by atoms with van der Waals surface area (Å²) in [6.07, 6.45) is 5.69. The number of nitrogens with zero attached hydrogens (tertiary/aromatic N) is 4. The molecule has 2 N–H and O–H groups in total. The Morgan fingerprint density at radius 3 is 2.59 bits per heavy atom. The molecule has 0 aliphatic carbocycles. The fourth-order valence-electron chi connectivity index (χ4n) is 5.27. The second kappa shape index (κ2) is 11.3. The minimum absolute atomic E-state index is 0.0606. The van der Waals surface area contributed by atoms with Crippen LogP contribution >= 0.6 is 23.2 Å². The third-order valence-electron chi connectivity index (χ3n) is 7.17. The highest BCUT2D eigenvalue weighted by molar-refractivity contribution is 6.36. The van der Waals surface area contributed by atoms with Crippen LogP contribution in [0.5, 0.6) is 5.88 Å². The first-order valence-corrected chi connectivity index (χ1v) is 13.5. The summed E-state index contributed by atoms with van der Waals surface area (Å²) in [7, 11) is 0. The van der Waals surface area contributed by atoms with Gasteiger partial charge < -0.3 is 20.3 Å². The van der Waals surface area contributed by atoms with Crippen molar-refractivity contribution >= 4 is 34.9 Å². The van der Waals surface area contributed by atoms with Crippen molar-refractivity contribution in [3.05, 3.63) is 69.8 Å². The molecule has 2 aromatic carbocycles. The zero-order valence-corrected chi connectivity index (χ0v) is 22.4. The van der Waals surface area contributed by atoms with Crippen LogP contribution in [0.2, 0.25) is 10.0 Å². The first kappa shape index (κ1) is 25.8. The SMILES string of the molecule is CC(Oc1nc(-c2cccc(C(=O)N3CCCC3CN3CCCC3)c2)cnc1N)c1c(Cl)cccc1Cl. The number of hydrogen-bond acceptors (Lipinski definition) is 6. The van der Waals surface area contributed by atoms with Crippen LogP contribution in [0.4, 0.5) is 5.82 Å². The molecule has 0 saturated carbocycles. The van der Waals surface area contributed by atoms with Crippen LogP contribution in [-0.4, -0.2) is 57.9 Å². The smallest absolute Gasteiger partial charge is 0.258 e. The molecule has 2 fully saturated rings. The maximum absolute atomic E-state index is 13.5. The number of aromatic nitrogens is 2. The first-order valence-electron chi connectivity index (χ1n) is 12.8. The highest BCUT2D eigenvalue weighted by Gasteiger charge is 2.31. The topological polar surface area (TPSA) is 84.6 Å². The van der Waals surface area contributed by atoms with E-state index in [1.165, 1.54) is 12.8 Å². The number of ether oxygens (including phenoxy) is 1. The van der Waals surface area contributed by atoms with Gasteiger partial charge in [0.25, 0.3) is 11.8 Å². The van der Waals surface area contributed by atoms with E-state index in [2.05, 4.69) is 14.9 Å². The molecule has 37 heavy (non-hydrogen) atoms. The van der Waals surface area contributed by atoms with E-state index in [9.17, 15) is 4.79 Å². The number of nitrogen functional groups attached to an aromatic ring is 1. The second-order valence-corrected chi connectivity index (χ2v) is 10.5. The van der Waals surface area contributed by atoms with Crippen LogP contribution in [0.15, 0.2) is 48.7 Å². The van der Waals surface area contributed by atoms with Crippen molar-refractivity contribution in [1.82, 2.24) is 19.8 Å². The summed E-state index contributed by atoms with van der Waals surface area (Å²) in [5, 5.41) is 0.998. The maximum atomic E-state index is 13.5. The van der Waals surface area contributed by atoms with Crippen molar-refractivity contribution in [2.75, 3.05) is 31.9 Å². The van der Waals surface area contributed by atoms with E-state index in [1.807, 2.05) is 36.1 Å². The summed E-state index contributed by atoms with van der Waals surface area (Å²) >= 11 is 12.7. The number of hydrogen-bond donors (Lipinski definition) is 1. The van der Waals surface area contributed by atoms with Gasteiger partial charge in [0.1, 0.15) is 6.10 Å².